The predicted octanol–water partition coefficient (Wildman–Crippen LogP) is -0.376. The number of ether oxygens (including phenoxy) is 4. The standard InChI is InChI=1S/C12H20N2O8/c1-9(15)13-6-14-12(18)22-8-21-11(17)5-3-4-10(16)20-7-19-2/h3-8H2,1-2H3,(H,13,15)(H,14,18). The molecule has 0 atom stereocenters. The van der Waals surface area contributed by atoms with Crippen LogP contribution in [0.1, 0.15) is 26.2 Å². The van der Waals surface area contributed by atoms with Crippen LogP contribution in [0.4, 0.5) is 4.79 Å². The summed E-state index contributed by atoms with van der Waals surface area (Å²) in [6.07, 6.45) is -0.560. The van der Waals surface area contributed by atoms with Crippen LogP contribution in [-0.2, 0) is 33.3 Å². The number of hydrogen-bond acceptors (Lipinski definition) is 8. The number of nitrogens with one attached hydrogen (secondary N) is 2. The minimum absolute atomic E-state index is 0.0149. The highest BCUT2D eigenvalue weighted by Crippen LogP contribution is 2.00. The highest BCUT2D eigenvalue weighted by Gasteiger charge is 2.08. The number of hydrogen-bond donors (Lipinski definition) is 2. The van der Waals surface area contributed by atoms with E-state index in [1.165, 1.54) is 14.0 Å². The van der Waals surface area contributed by atoms with Gasteiger partial charge in [-0.1, -0.05) is 0 Å². The molecule has 2 N–H and O–H groups in total. The Hall–Kier alpha value is -2.36. The fourth-order valence-corrected chi connectivity index (χ4v) is 1.09. The fraction of sp³-hybridized carbons (Fsp3) is 0.667. The van der Waals surface area contributed by atoms with Gasteiger partial charge in [-0.05, 0) is 6.42 Å². The topological polar surface area (TPSA) is 129 Å². The van der Waals surface area contributed by atoms with Gasteiger partial charge in [-0.3, -0.25) is 14.4 Å². The quantitative estimate of drug-likeness (QED) is 0.412. The largest absolute Gasteiger partial charge is 0.438 e. The Morgan fingerprint density at radius 2 is 1.45 bits per heavy atom. The van der Waals surface area contributed by atoms with Crippen molar-refractivity contribution in [3.8, 4) is 0 Å². The molecule has 10 nitrogen and oxygen atoms in total. The number of methoxy groups -OCH3 is 1. The lowest BCUT2D eigenvalue weighted by molar-refractivity contribution is -0.155. The molecule has 0 fully saturated rings. The van der Waals surface area contributed by atoms with Gasteiger partial charge in [-0.15, -0.1) is 0 Å². The molecule has 0 aromatic heterocycles. The van der Waals surface area contributed by atoms with Crippen molar-refractivity contribution in [1.29, 1.82) is 0 Å². The van der Waals surface area contributed by atoms with E-state index in [1.807, 2.05) is 0 Å². The van der Waals surface area contributed by atoms with Crippen molar-refractivity contribution < 1.29 is 38.1 Å². The van der Waals surface area contributed by atoms with Crippen molar-refractivity contribution in [3.05, 3.63) is 0 Å². The number of rotatable bonds is 10. The molecule has 0 radical (unpaired) electrons. The molecule has 0 aromatic carbocycles. The van der Waals surface area contributed by atoms with Crippen LogP contribution in [0.2, 0.25) is 0 Å². The van der Waals surface area contributed by atoms with Crippen molar-refractivity contribution in [2.45, 2.75) is 26.2 Å². The van der Waals surface area contributed by atoms with Gasteiger partial charge in [0, 0.05) is 26.9 Å². The van der Waals surface area contributed by atoms with Crippen molar-refractivity contribution in [2.75, 3.05) is 27.4 Å². The van der Waals surface area contributed by atoms with Crippen LogP contribution in [0, 0.1) is 0 Å². The van der Waals surface area contributed by atoms with E-state index in [4.69, 9.17) is 0 Å². The molecule has 0 aliphatic carbocycles. The van der Waals surface area contributed by atoms with E-state index >= 15 is 0 Å². The number of carbonyl (C=O) groups excluding carboxylic acids is 4. The highest BCUT2D eigenvalue weighted by atomic mass is 16.7. The predicted molar refractivity (Wildman–Crippen MR) is 71.1 cm³/mol. The van der Waals surface area contributed by atoms with Crippen LogP contribution in [-0.4, -0.2) is 51.3 Å². The van der Waals surface area contributed by atoms with E-state index in [9.17, 15) is 19.2 Å². The summed E-state index contributed by atoms with van der Waals surface area (Å²) in [5, 5.41) is 4.53. The highest BCUT2D eigenvalue weighted by molar-refractivity contribution is 5.74. The van der Waals surface area contributed by atoms with Crippen LogP contribution in [0.15, 0.2) is 0 Å². The van der Waals surface area contributed by atoms with Gasteiger partial charge in [0.15, 0.2) is 6.79 Å². The monoisotopic (exact) mass is 320 g/mol. The van der Waals surface area contributed by atoms with Gasteiger partial charge in [0.25, 0.3) is 0 Å². The van der Waals surface area contributed by atoms with E-state index in [0.29, 0.717) is 0 Å². The third-order valence-electron chi connectivity index (χ3n) is 2.08. The maximum atomic E-state index is 11.3. The molecule has 10 heteroatoms. The summed E-state index contributed by atoms with van der Waals surface area (Å²) in [6.45, 7) is 0.509. The SMILES string of the molecule is COCOC(=O)CCCC(=O)OCOC(=O)NCNC(C)=O. The fourth-order valence-electron chi connectivity index (χ4n) is 1.09. The minimum Gasteiger partial charge on any atom is -0.438 e. The smallest absolute Gasteiger partial charge is 0.411 e. The van der Waals surface area contributed by atoms with Gasteiger partial charge in [0.2, 0.25) is 12.7 Å². The average Bonchev–Trinajstić information content (AvgIpc) is 2.44. The van der Waals surface area contributed by atoms with Gasteiger partial charge in [0.1, 0.15) is 0 Å². The number of esters is 2. The summed E-state index contributed by atoms with van der Waals surface area (Å²) in [6, 6.07) is 0. The molecular formula is C12H20N2O8. The molecule has 0 spiro atoms. The summed E-state index contributed by atoms with van der Waals surface area (Å²) < 4.78 is 18.3. The van der Waals surface area contributed by atoms with Crippen LogP contribution in [0.5, 0.6) is 0 Å². The Kier molecular flexibility index (Phi) is 11.1. The zero-order valence-electron chi connectivity index (χ0n) is 12.5. The first-order chi connectivity index (χ1) is 10.5. The molecule has 0 aliphatic heterocycles. The zero-order chi connectivity index (χ0) is 16.8. The van der Waals surface area contributed by atoms with E-state index in [1.54, 1.807) is 0 Å². The van der Waals surface area contributed by atoms with Gasteiger partial charge in [-0.25, -0.2) is 4.79 Å². The molecule has 0 saturated heterocycles. The molecule has 22 heavy (non-hydrogen) atoms. The van der Waals surface area contributed by atoms with Crippen LogP contribution < -0.4 is 10.6 Å². The van der Waals surface area contributed by atoms with Crippen molar-refractivity contribution >= 4 is 23.9 Å². The molecule has 0 aliphatic rings. The van der Waals surface area contributed by atoms with Crippen LogP contribution in [0.25, 0.3) is 0 Å². The maximum absolute atomic E-state index is 11.3. The van der Waals surface area contributed by atoms with Gasteiger partial charge in [-0.2, -0.15) is 0 Å². The van der Waals surface area contributed by atoms with Gasteiger partial charge in [0.05, 0.1) is 6.67 Å². The molecule has 0 heterocycles. The second kappa shape index (κ2) is 12.4. The van der Waals surface area contributed by atoms with Crippen LogP contribution >= 0.6 is 0 Å². The summed E-state index contributed by atoms with van der Waals surface area (Å²) in [5.74, 6) is -1.41. The third kappa shape index (κ3) is 12.7. The Bertz CT molecular complexity index is 385. The summed E-state index contributed by atoms with van der Waals surface area (Å²) in [5.41, 5.74) is 0. The minimum atomic E-state index is -0.843. The van der Waals surface area contributed by atoms with E-state index in [0.717, 1.165) is 0 Å². The third-order valence-corrected chi connectivity index (χ3v) is 2.08. The van der Waals surface area contributed by atoms with Crippen molar-refractivity contribution in [3.63, 3.8) is 0 Å². The second-order valence-corrected chi connectivity index (χ2v) is 3.93. The Morgan fingerprint density at radius 1 is 0.864 bits per heavy atom. The Morgan fingerprint density at radius 3 is 2.00 bits per heavy atom. The molecule has 0 saturated carbocycles. The van der Waals surface area contributed by atoms with Crippen molar-refractivity contribution in [2.24, 2.45) is 0 Å². The van der Waals surface area contributed by atoms with Gasteiger partial charge < -0.3 is 29.6 Å². The van der Waals surface area contributed by atoms with E-state index < -0.39 is 24.8 Å². The number of carbonyl (C=O) groups is 4. The number of alkyl carbamates (subject to hydrolysis) is 1. The lowest BCUT2D eigenvalue weighted by atomic mass is 10.2. The lowest BCUT2D eigenvalue weighted by Crippen LogP contribution is -2.36. The molecule has 0 bridgehead atoms. The Labute approximate surface area is 127 Å². The van der Waals surface area contributed by atoms with E-state index in [2.05, 4.69) is 29.6 Å². The van der Waals surface area contributed by atoms with Crippen molar-refractivity contribution in [1.82, 2.24) is 10.6 Å². The molecule has 0 rings (SSSR count). The van der Waals surface area contributed by atoms with Gasteiger partial charge >= 0.3 is 18.0 Å². The lowest BCUT2D eigenvalue weighted by Gasteiger charge is -2.08. The first-order valence-corrected chi connectivity index (χ1v) is 6.41. The zero-order valence-corrected chi connectivity index (χ0v) is 12.5. The molecule has 2 amide bonds. The maximum Gasteiger partial charge on any atom is 0.411 e. The summed E-state index contributed by atoms with van der Waals surface area (Å²) >= 11 is 0. The van der Waals surface area contributed by atoms with E-state index in [-0.39, 0.29) is 38.6 Å². The normalized spacial score (nSPS) is 9.55. The number of amides is 2. The summed E-state index contributed by atoms with van der Waals surface area (Å²) in [7, 11) is 1.39. The first-order valence-electron chi connectivity index (χ1n) is 6.41. The first kappa shape index (κ1) is 19.6. The molecule has 126 valence electrons. The summed E-state index contributed by atoms with van der Waals surface area (Å²) in [4.78, 5) is 43.9. The average molecular weight is 320 g/mol. The molecule has 0 unspecified atom stereocenters. The second-order valence-electron chi connectivity index (χ2n) is 3.93. The molecule has 0 aromatic rings. The van der Waals surface area contributed by atoms with Crippen LogP contribution in [0.3, 0.4) is 0 Å². The Balaban J connectivity index is 3.55. The molecular weight excluding hydrogens is 300 g/mol.